The highest BCUT2D eigenvalue weighted by Gasteiger charge is 2.47. The number of fused-ring (bicyclic) bond motifs is 2. The van der Waals surface area contributed by atoms with E-state index >= 15 is 0 Å². The number of sulfone groups is 1. The summed E-state index contributed by atoms with van der Waals surface area (Å²) in [5.74, 6) is -5.62. The van der Waals surface area contributed by atoms with Crippen LogP contribution in [0.1, 0.15) is 36.0 Å². The van der Waals surface area contributed by atoms with Crippen LogP contribution in [0.5, 0.6) is 0 Å². The Morgan fingerprint density at radius 3 is 2.23 bits per heavy atom. The Labute approximate surface area is 233 Å². The van der Waals surface area contributed by atoms with Crippen LogP contribution in [0.4, 0.5) is 29.3 Å². The molecule has 13 heteroatoms. The van der Waals surface area contributed by atoms with E-state index in [1.165, 1.54) is 18.3 Å². The van der Waals surface area contributed by atoms with Crippen molar-refractivity contribution in [2.75, 3.05) is 10.6 Å². The van der Waals surface area contributed by atoms with Gasteiger partial charge in [-0.15, -0.1) is 0 Å². The highest BCUT2D eigenvalue weighted by molar-refractivity contribution is 7.92. The molecule has 40 heavy (non-hydrogen) atoms. The lowest BCUT2D eigenvalue weighted by Crippen LogP contribution is -2.48. The number of hydrogen-bond acceptors (Lipinski definition) is 5. The molecule has 8 nitrogen and oxygen atoms in total. The molecule has 2 aromatic carbocycles. The van der Waals surface area contributed by atoms with Crippen molar-refractivity contribution in [1.82, 2.24) is 10.3 Å². The Balaban J connectivity index is 1.30. The Morgan fingerprint density at radius 2 is 1.60 bits per heavy atom. The second kappa shape index (κ2) is 11.1. The van der Waals surface area contributed by atoms with Crippen LogP contribution in [0.2, 0.25) is 5.02 Å². The zero-order chi connectivity index (χ0) is 28.6. The molecule has 0 aliphatic heterocycles. The summed E-state index contributed by atoms with van der Waals surface area (Å²) in [6.07, 6.45) is 5.24. The molecule has 2 saturated carbocycles. The number of halogens is 4. The van der Waals surface area contributed by atoms with Crippen molar-refractivity contribution in [2.24, 2.45) is 11.8 Å². The van der Waals surface area contributed by atoms with Gasteiger partial charge in [0.05, 0.1) is 27.1 Å². The standard InChI is InChI=1S/C27H24ClF3N4O4S/c28-20-6-5-16(26(36)33-18-11-21(29)24(31)22(30)12-18)10-23(20)40(38,39)19-8-14-3-4-15(9-19)25(14)35-27(37)34-17-2-1-7-32-13-17/h1-2,5-7,10-15,19,25H,3-4,8-9H2,(H,33,36)(H2,34,35,37)/t14?,15?,19-,25-. The van der Waals surface area contributed by atoms with Gasteiger partial charge in [0.15, 0.2) is 27.3 Å². The molecule has 2 unspecified atom stereocenters. The van der Waals surface area contributed by atoms with Crippen molar-refractivity contribution in [1.29, 1.82) is 0 Å². The summed E-state index contributed by atoms with van der Waals surface area (Å²) < 4.78 is 67.7. The van der Waals surface area contributed by atoms with E-state index < -0.39 is 38.4 Å². The van der Waals surface area contributed by atoms with Crippen LogP contribution in [0.15, 0.2) is 59.8 Å². The summed E-state index contributed by atoms with van der Waals surface area (Å²) in [5.41, 5.74) is 0.0890. The van der Waals surface area contributed by atoms with Crippen LogP contribution in [0, 0.1) is 29.3 Å². The number of pyridine rings is 1. The number of rotatable bonds is 6. The molecule has 0 saturated heterocycles. The molecule has 0 radical (unpaired) electrons. The van der Waals surface area contributed by atoms with Crippen molar-refractivity contribution in [2.45, 2.75) is 41.9 Å². The van der Waals surface area contributed by atoms with Crippen molar-refractivity contribution < 1.29 is 31.2 Å². The molecule has 2 aliphatic rings. The topological polar surface area (TPSA) is 117 Å². The predicted molar refractivity (Wildman–Crippen MR) is 142 cm³/mol. The molecule has 2 aliphatic carbocycles. The van der Waals surface area contributed by atoms with Gasteiger partial charge in [-0.1, -0.05) is 11.6 Å². The molecule has 3 aromatic rings. The number of nitrogens with zero attached hydrogens (tertiary/aromatic N) is 1. The van der Waals surface area contributed by atoms with E-state index in [2.05, 4.69) is 20.9 Å². The SMILES string of the molecule is O=C(Nc1cccnc1)N[C@H]1C2CCC1C[C@@H](S(=O)(=O)c1cc(C(=O)Nc3cc(F)c(F)c(F)c3)ccc1Cl)C2. The van der Waals surface area contributed by atoms with Gasteiger partial charge in [0, 0.05) is 35.6 Å². The molecule has 2 bridgehead atoms. The van der Waals surface area contributed by atoms with Crippen molar-refractivity contribution in [3.8, 4) is 0 Å². The third-order valence-corrected chi connectivity index (χ3v) is 10.1. The number of nitrogens with one attached hydrogen (secondary N) is 3. The van der Waals surface area contributed by atoms with E-state index in [-0.39, 0.29) is 45.1 Å². The summed E-state index contributed by atoms with van der Waals surface area (Å²) in [7, 11) is -3.99. The third kappa shape index (κ3) is 5.64. The summed E-state index contributed by atoms with van der Waals surface area (Å²) in [5, 5.41) is 7.10. The van der Waals surface area contributed by atoms with Crippen molar-refractivity contribution in [3.05, 3.63) is 82.9 Å². The van der Waals surface area contributed by atoms with Gasteiger partial charge >= 0.3 is 6.03 Å². The van der Waals surface area contributed by atoms with Gasteiger partial charge in [0.2, 0.25) is 0 Å². The maximum Gasteiger partial charge on any atom is 0.319 e. The molecular weight excluding hydrogens is 569 g/mol. The first-order chi connectivity index (χ1) is 19.0. The monoisotopic (exact) mass is 592 g/mol. The highest BCUT2D eigenvalue weighted by atomic mass is 35.5. The Kier molecular flexibility index (Phi) is 7.74. The number of hydrogen-bond donors (Lipinski definition) is 3. The van der Waals surface area contributed by atoms with E-state index in [4.69, 9.17) is 11.6 Å². The van der Waals surface area contributed by atoms with E-state index in [9.17, 15) is 31.2 Å². The maximum atomic E-state index is 13.7. The summed E-state index contributed by atoms with van der Waals surface area (Å²) >= 11 is 6.26. The fraction of sp³-hybridized carbons (Fsp3) is 0.296. The highest BCUT2D eigenvalue weighted by Crippen LogP contribution is 2.46. The number of aromatic nitrogens is 1. The van der Waals surface area contributed by atoms with Crippen LogP contribution in [0.25, 0.3) is 0 Å². The molecule has 1 heterocycles. The number of benzene rings is 2. The van der Waals surface area contributed by atoms with Crippen LogP contribution >= 0.6 is 11.6 Å². The van der Waals surface area contributed by atoms with Crippen LogP contribution < -0.4 is 16.0 Å². The molecule has 3 amide bonds. The molecule has 2 atom stereocenters. The average molecular weight is 593 g/mol. The first kappa shape index (κ1) is 27.9. The number of carbonyl (C=O) groups excluding carboxylic acids is 2. The minimum Gasteiger partial charge on any atom is -0.335 e. The second-order valence-corrected chi connectivity index (χ2v) is 12.6. The first-order valence-electron chi connectivity index (χ1n) is 12.5. The summed E-state index contributed by atoms with van der Waals surface area (Å²) in [4.78, 5) is 29.0. The van der Waals surface area contributed by atoms with Gasteiger partial charge in [-0.05, 0) is 67.9 Å². The summed E-state index contributed by atoms with van der Waals surface area (Å²) in [6, 6.07) is 7.72. The number of anilines is 2. The van der Waals surface area contributed by atoms with Gasteiger partial charge in [-0.2, -0.15) is 0 Å². The normalized spacial score (nSPS) is 22.0. The minimum absolute atomic E-state index is 0.0632. The molecular formula is C27H24ClF3N4O4S. The van der Waals surface area contributed by atoms with Crippen LogP contribution in [0.3, 0.4) is 0 Å². The maximum absolute atomic E-state index is 13.7. The van der Waals surface area contributed by atoms with E-state index in [1.54, 1.807) is 18.3 Å². The lowest BCUT2D eigenvalue weighted by Gasteiger charge is -2.35. The van der Waals surface area contributed by atoms with E-state index in [0.29, 0.717) is 30.7 Å². The molecule has 5 rings (SSSR count). The van der Waals surface area contributed by atoms with E-state index in [0.717, 1.165) is 18.9 Å². The zero-order valence-electron chi connectivity index (χ0n) is 20.8. The number of amides is 3. The molecule has 2 fully saturated rings. The average Bonchev–Trinajstić information content (AvgIpc) is 3.13. The van der Waals surface area contributed by atoms with Gasteiger partial charge < -0.3 is 16.0 Å². The van der Waals surface area contributed by atoms with Crippen LogP contribution in [-0.4, -0.2) is 36.6 Å². The first-order valence-corrected chi connectivity index (χ1v) is 14.4. The number of urea groups is 1. The lowest BCUT2D eigenvalue weighted by atomic mass is 9.84. The van der Waals surface area contributed by atoms with Gasteiger partial charge in [0.1, 0.15) is 0 Å². The zero-order valence-corrected chi connectivity index (χ0v) is 22.4. The van der Waals surface area contributed by atoms with Crippen LogP contribution in [-0.2, 0) is 9.84 Å². The lowest BCUT2D eigenvalue weighted by molar-refractivity contribution is 0.102. The van der Waals surface area contributed by atoms with E-state index in [1.807, 2.05) is 0 Å². The Bertz CT molecular complexity index is 1540. The smallest absolute Gasteiger partial charge is 0.319 e. The fourth-order valence-corrected chi connectivity index (χ4v) is 8.02. The third-order valence-electron chi connectivity index (χ3n) is 7.45. The quantitative estimate of drug-likeness (QED) is 0.324. The second-order valence-electron chi connectivity index (χ2n) is 9.96. The molecule has 3 N–H and O–H groups in total. The van der Waals surface area contributed by atoms with Crippen molar-refractivity contribution in [3.63, 3.8) is 0 Å². The minimum atomic E-state index is -3.99. The predicted octanol–water partition coefficient (Wildman–Crippen LogP) is 5.56. The van der Waals surface area contributed by atoms with Gasteiger partial charge in [-0.3, -0.25) is 9.78 Å². The fourth-order valence-electron chi connectivity index (χ4n) is 5.59. The number of carbonyl (C=O) groups is 2. The molecule has 1 aromatic heterocycles. The molecule has 0 spiro atoms. The van der Waals surface area contributed by atoms with Crippen molar-refractivity contribution >= 4 is 44.8 Å². The largest absolute Gasteiger partial charge is 0.335 e. The summed E-state index contributed by atoms with van der Waals surface area (Å²) in [6.45, 7) is 0. The molecule has 210 valence electrons. The van der Waals surface area contributed by atoms with Gasteiger partial charge in [0.25, 0.3) is 5.91 Å². The Hall–Kier alpha value is -3.64. The van der Waals surface area contributed by atoms with Gasteiger partial charge in [-0.25, -0.2) is 26.4 Å². The Morgan fingerprint density at radius 1 is 0.925 bits per heavy atom.